The third kappa shape index (κ3) is 4.50. The van der Waals surface area contributed by atoms with E-state index >= 15 is 0 Å². The van der Waals surface area contributed by atoms with Gasteiger partial charge in [0.15, 0.2) is 15.6 Å². The summed E-state index contributed by atoms with van der Waals surface area (Å²) in [6, 6.07) is 7.15. The zero-order valence-corrected chi connectivity index (χ0v) is 15.8. The molecule has 1 amide bonds. The van der Waals surface area contributed by atoms with Gasteiger partial charge in [-0.25, -0.2) is 17.6 Å². The van der Waals surface area contributed by atoms with Gasteiger partial charge in [-0.1, -0.05) is 0 Å². The molecule has 10 heteroatoms. The van der Waals surface area contributed by atoms with Crippen molar-refractivity contribution in [1.29, 1.82) is 0 Å². The maximum atomic E-state index is 12.9. The van der Waals surface area contributed by atoms with Crippen LogP contribution in [0.3, 0.4) is 0 Å². The summed E-state index contributed by atoms with van der Waals surface area (Å²) in [6.07, 6.45) is 0. The van der Waals surface area contributed by atoms with Crippen LogP contribution < -0.4 is 4.74 Å². The van der Waals surface area contributed by atoms with E-state index in [1.165, 1.54) is 36.4 Å². The van der Waals surface area contributed by atoms with Crippen molar-refractivity contribution in [3.63, 3.8) is 0 Å². The van der Waals surface area contributed by atoms with E-state index in [0.717, 1.165) is 12.0 Å². The van der Waals surface area contributed by atoms with Gasteiger partial charge < -0.3 is 18.8 Å². The van der Waals surface area contributed by atoms with Gasteiger partial charge in [-0.15, -0.1) is 0 Å². The second-order valence-electron chi connectivity index (χ2n) is 6.16. The third-order valence-electron chi connectivity index (χ3n) is 4.23. The topological polar surface area (TPSA) is 103 Å². The number of sulfone groups is 1. The molecule has 0 unspecified atom stereocenters. The molecular weight excluding hydrogens is 393 g/mol. The van der Waals surface area contributed by atoms with Gasteiger partial charge in [0.2, 0.25) is 0 Å². The number of benzene rings is 1. The fraction of sp³-hybridized carbons (Fsp3) is 0.333. The lowest BCUT2D eigenvalue weighted by molar-refractivity contribution is -0.145. The van der Waals surface area contributed by atoms with Crippen LogP contribution in [-0.4, -0.2) is 56.4 Å². The van der Waals surface area contributed by atoms with Crippen LogP contribution >= 0.6 is 0 Å². The second-order valence-corrected chi connectivity index (χ2v) is 8.39. The molecule has 2 aromatic rings. The molecule has 0 radical (unpaired) electrons. The molecular formula is C18H18FNO7S. The van der Waals surface area contributed by atoms with Crippen molar-refractivity contribution in [2.45, 2.75) is 12.6 Å². The fourth-order valence-corrected chi connectivity index (χ4v) is 4.22. The third-order valence-corrected chi connectivity index (χ3v) is 5.86. The largest absolute Gasteiger partial charge is 0.486 e. The van der Waals surface area contributed by atoms with Gasteiger partial charge in [0.25, 0.3) is 5.91 Å². The summed E-state index contributed by atoms with van der Waals surface area (Å²) in [5, 5.41) is 0. The lowest BCUT2D eigenvalue weighted by Crippen LogP contribution is -2.55. The van der Waals surface area contributed by atoms with E-state index in [4.69, 9.17) is 9.15 Å². The van der Waals surface area contributed by atoms with Crippen molar-refractivity contribution >= 4 is 21.7 Å². The average molecular weight is 411 g/mol. The predicted molar refractivity (Wildman–Crippen MR) is 94.9 cm³/mol. The molecule has 1 aromatic heterocycles. The number of rotatable bonds is 5. The summed E-state index contributed by atoms with van der Waals surface area (Å²) in [4.78, 5) is 25.8. The smallest absolute Gasteiger partial charge is 0.329 e. The second kappa shape index (κ2) is 8.01. The molecule has 150 valence electrons. The van der Waals surface area contributed by atoms with E-state index in [9.17, 15) is 22.4 Å². The Morgan fingerprint density at radius 3 is 2.61 bits per heavy atom. The predicted octanol–water partition coefficient (Wildman–Crippen LogP) is 1.41. The van der Waals surface area contributed by atoms with Crippen molar-refractivity contribution in [3.8, 4) is 5.75 Å². The van der Waals surface area contributed by atoms with Gasteiger partial charge in [-0.2, -0.15) is 0 Å². The van der Waals surface area contributed by atoms with Crippen LogP contribution in [0.2, 0.25) is 0 Å². The quantitative estimate of drug-likeness (QED) is 0.686. The highest BCUT2D eigenvalue weighted by Gasteiger charge is 2.40. The first kappa shape index (κ1) is 19.9. The zero-order valence-electron chi connectivity index (χ0n) is 15.0. The van der Waals surface area contributed by atoms with Crippen LogP contribution in [0.1, 0.15) is 16.3 Å². The molecule has 1 saturated heterocycles. The molecule has 28 heavy (non-hydrogen) atoms. The number of hydrogen-bond donors (Lipinski definition) is 0. The lowest BCUT2D eigenvalue weighted by Gasteiger charge is -2.32. The number of furan rings is 1. The van der Waals surface area contributed by atoms with Crippen molar-refractivity contribution in [3.05, 3.63) is 53.7 Å². The summed E-state index contributed by atoms with van der Waals surface area (Å²) in [6.45, 7) is -0.128. The number of amides is 1. The van der Waals surface area contributed by atoms with Gasteiger partial charge in [0.05, 0.1) is 18.6 Å². The molecule has 1 fully saturated rings. The SMILES string of the molecule is COC(=O)[C@H]1CS(=O)(=O)CCN1C(=O)c1ccc(COc2ccc(F)cc2)o1. The molecule has 0 spiro atoms. The number of esters is 1. The maximum Gasteiger partial charge on any atom is 0.329 e. The standard InChI is InChI=1S/C18H18FNO7S/c1-25-18(22)15-11-28(23,24)9-8-20(15)17(21)16-7-6-14(27-16)10-26-13-4-2-12(19)3-5-13/h2-7,15H,8-11H2,1H3/t15-/m1/s1. The van der Waals surface area contributed by atoms with Crippen LogP contribution in [0.4, 0.5) is 4.39 Å². The van der Waals surface area contributed by atoms with Crippen LogP contribution in [-0.2, 0) is 26.0 Å². The summed E-state index contributed by atoms with van der Waals surface area (Å²) in [7, 11) is -2.32. The van der Waals surface area contributed by atoms with Gasteiger partial charge in [0.1, 0.15) is 30.0 Å². The van der Waals surface area contributed by atoms with Crippen molar-refractivity contribution in [1.82, 2.24) is 4.90 Å². The molecule has 1 aromatic carbocycles. The fourth-order valence-electron chi connectivity index (χ4n) is 2.78. The van der Waals surface area contributed by atoms with Crippen molar-refractivity contribution in [2.24, 2.45) is 0 Å². The Morgan fingerprint density at radius 2 is 1.93 bits per heavy atom. The molecule has 0 N–H and O–H groups in total. The number of carbonyl (C=O) groups excluding carboxylic acids is 2. The Hall–Kier alpha value is -2.88. The van der Waals surface area contributed by atoms with E-state index in [1.54, 1.807) is 0 Å². The van der Waals surface area contributed by atoms with Crippen LogP contribution in [0.25, 0.3) is 0 Å². The molecule has 2 heterocycles. The van der Waals surface area contributed by atoms with Gasteiger partial charge >= 0.3 is 5.97 Å². The molecule has 1 aliphatic rings. The Morgan fingerprint density at radius 1 is 1.21 bits per heavy atom. The molecule has 0 saturated carbocycles. The summed E-state index contributed by atoms with van der Waals surface area (Å²) < 4.78 is 52.1. The minimum atomic E-state index is -3.44. The van der Waals surface area contributed by atoms with E-state index in [0.29, 0.717) is 11.5 Å². The monoisotopic (exact) mass is 411 g/mol. The number of nitrogens with zero attached hydrogens (tertiary/aromatic N) is 1. The Labute approximate surface area is 160 Å². The minimum absolute atomic E-state index is 0.00766. The molecule has 3 rings (SSSR count). The number of hydrogen-bond acceptors (Lipinski definition) is 7. The van der Waals surface area contributed by atoms with E-state index < -0.39 is 33.5 Å². The number of ether oxygens (including phenoxy) is 2. The number of halogens is 1. The molecule has 1 atom stereocenters. The highest BCUT2D eigenvalue weighted by Crippen LogP contribution is 2.20. The molecule has 0 bridgehead atoms. The number of methoxy groups -OCH3 is 1. The normalized spacial score (nSPS) is 18.5. The van der Waals surface area contributed by atoms with E-state index in [1.807, 2.05) is 0 Å². The van der Waals surface area contributed by atoms with Gasteiger partial charge in [-0.3, -0.25) is 4.79 Å². The first-order chi connectivity index (χ1) is 13.3. The van der Waals surface area contributed by atoms with Gasteiger partial charge in [-0.05, 0) is 36.4 Å². The number of carbonyl (C=O) groups is 2. The Kier molecular flexibility index (Phi) is 5.68. The molecule has 0 aliphatic carbocycles. The zero-order chi connectivity index (χ0) is 20.3. The Bertz CT molecular complexity index is 968. The highest BCUT2D eigenvalue weighted by atomic mass is 32.2. The first-order valence-corrected chi connectivity index (χ1v) is 10.2. The molecule has 8 nitrogen and oxygen atoms in total. The van der Waals surface area contributed by atoms with Crippen molar-refractivity contribution in [2.75, 3.05) is 25.2 Å². The summed E-state index contributed by atoms with van der Waals surface area (Å²) >= 11 is 0. The average Bonchev–Trinajstić information content (AvgIpc) is 3.15. The summed E-state index contributed by atoms with van der Waals surface area (Å²) in [5.74, 6) is -1.82. The van der Waals surface area contributed by atoms with Crippen LogP contribution in [0.5, 0.6) is 5.75 Å². The van der Waals surface area contributed by atoms with Gasteiger partial charge in [0, 0.05) is 6.54 Å². The van der Waals surface area contributed by atoms with Crippen molar-refractivity contribution < 1.29 is 36.3 Å². The first-order valence-electron chi connectivity index (χ1n) is 8.35. The lowest BCUT2D eigenvalue weighted by atomic mass is 10.2. The van der Waals surface area contributed by atoms with E-state index in [-0.39, 0.29) is 30.5 Å². The Balaban J connectivity index is 1.70. The van der Waals surface area contributed by atoms with Crippen LogP contribution in [0.15, 0.2) is 40.8 Å². The van der Waals surface area contributed by atoms with Crippen LogP contribution in [0, 0.1) is 5.82 Å². The summed E-state index contributed by atoms with van der Waals surface area (Å²) in [5.41, 5.74) is 0. The highest BCUT2D eigenvalue weighted by molar-refractivity contribution is 7.91. The van der Waals surface area contributed by atoms with E-state index in [2.05, 4.69) is 4.74 Å². The maximum absolute atomic E-state index is 12.9. The molecule has 1 aliphatic heterocycles. The minimum Gasteiger partial charge on any atom is -0.486 e.